The van der Waals surface area contributed by atoms with Crippen LogP contribution in [0.25, 0.3) is 0 Å². The topological polar surface area (TPSA) is 78.3 Å². The fourth-order valence-corrected chi connectivity index (χ4v) is 1.76. The van der Waals surface area contributed by atoms with Crippen LogP contribution in [0.3, 0.4) is 0 Å². The van der Waals surface area contributed by atoms with Crippen LogP contribution >= 0.6 is 0 Å². The van der Waals surface area contributed by atoms with Gasteiger partial charge in [0.1, 0.15) is 6.04 Å². The van der Waals surface area contributed by atoms with Gasteiger partial charge in [-0.15, -0.1) is 0 Å². The maximum absolute atomic E-state index is 10.8. The molecule has 2 heterocycles. The number of piperazine rings is 1. The fraction of sp³-hybridized carbons (Fsp3) is 0.500. The Morgan fingerprint density at radius 3 is 3.19 bits per heavy atom. The zero-order valence-corrected chi connectivity index (χ0v) is 8.83. The molecule has 6 heteroatoms. The van der Waals surface area contributed by atoms with Crippen LogP contribution in [0.2, 0.25) is 0 Å². The molecule has 2 N–H and O–H groups in total. The van der Waals surface area contributed by atoms with Gasteiger partial charge in [0.25, 0.3) is 0 Å². The van der Waals surface area contributed by atoms with Gasteiger partial charge in [-0.3, -0.25) is 19.7 Å². The summed E-state index contributed by atoms with van der Waals surface area (Å²) >= 11 is 0. The number of rotatable bonds is 3. The predicted molar refractivity (Wildman–Crippen MR) is 56.7 cm³/mol. The number of hydrogen-bond donors (Lipinski definition) is 2. The Labute approximate surface area is 93.3 Å². The lowest BCUT2D eigenvalue weighted by atomic mass is 10.2. The molecule has 1 aliphatic heterocycles. The van der Waals surface area contributed by atoms with Crippen LogP contribution in [0.5, 0.6) is 0 Å². The summed E-state index contributed by atoms with van der Waals surface area (Å²) in [5.74, 6) is -0.802. The van der Waals surface area contributed by atoms with Gasteiger partial charge in [0.2, 0.25) is 0 Å². The first-order valence-electron chi connectivity index (χ1n) is 5.19. The van der Waals surface area contributed by atoms with Gasteiger partial charge in [-0.2, -0.15) is 0 Å². The Morgan fingerprint density at radius 2 is 2.50 bits per heavy atom. The Balaban J connectivity index is 1.93. The van der Waals surface area contributed by atoms with Gasteiger partial charge in [-0.1, -0.05) is 0 Å². The quantitative estimate of drug-likeness (QED) is 0.706. The monoisotopic (exact) mass is 222 g/mol. The number of carboxylic acid groups (broad SMARTS) is 1. The summed E-state index contributed by atoms with van der Waals surface area (Å²) in [5.41, 5.74) is 0.869. The summed E-state index contributed by atoms with van der Waals surface area (Å²) in [4.78, 5) is 21.1. The van der Waals surface area contributed by atoms with E-state index >= 15 is 0 Å². The molecule has 0 aromatic carbocycles. The van der Waals surface area contributed by atoms with Gasteiger partial charge in [0, 0.05) is 44.8 Å². The van der Waals surface area contributed by atoms with Crippen LogP contribution in [-0.2, 0) is 11.3 Å². The summed E-state index contributed by atoms with van der Waals surface area (Å²) in [5, 5.41) is 11.9. The first-order valence-corrected chi connectivity index (χ1v) is 5.19. The first kappa shape index (κ1) is 11.0. The van der Waals surface area contributed by atoms with Crippen molar-refractivity contribution in [1.82, 2.24) is 20.2 Å². The van der Waals surface area contributed by atoms with Crippen LogP contribution in [0.4, 0.5) is 0 Å². The molecule has 2 rings (SSSR count). The van der Waals surface area contributed by atoms with Crippen LogP contribution < -0.4 is 5.32 Å². The lowest BCUT2D eigenvalue weighted by Gasteiger charge is -2.31. The molecule has 1 atom stereocenters. The zero-order valence-electron chi connectivity index (χ0n) is 8.83. The van der Waals surface area contributed by atoms with E-state index in [2.05, 4.69) is 20.2 Å². The number of carbonyl (C=O) groups is 1. The lowest BCUT2D eigenvalue weighted by Crippen LogP contribution is -2.53. The van der Waals surface area contributed by atoms with E-state index < -0.39 is 12.0 Å². The second-order valence-corrected chi connectivity index (χ2v) is 3.78. The third-order valence-corrected chi connectivity index (χ3v) is 2.56. The highest BCUT2D eigenvalue weighted by Crippen LogP contribution is 2.04. The van der Waals surface area contributed by atoms with Crippen molar-refractivity contribution in [3.05, 3.63) is 24.3 Å². The highest BCUT2D eigenvalue weighted by atomic mass is 16.4. The number of nitrogens with one attached hydrogen (secondary N) is 1. The molecule has 1 aromatic rings. The molecule has 0 radical (unpaired) electrons. The van der Waals surface area contributed by atoms with Gasteiger partial charge >= 0.3 is 5.97 Å². The number of aromatic nitrogens is 2. The van der Waals surface area contributed by atoms with E-state index in [0.29, 0.717) is 19.6 Å². The average molecular weight is 222 g/mol. The summed E-state index contributed by atoms with van der Waals surface area (Å²) in [6.07, 6.45) is 4.98. The van der Waals surface area contributed by atoms with Crippen molar-refractivity contribution in [3.63, 3.8) is 0 Å². The number of nitrogens with zero attached hydrogens (tertiary/aromatic N) is 3. The molecule has 1 fully saturated rings. The van der Waals surface area contributed by atoms with E-state index in [1.54, 1.807) is 18.6 Å². The van der Waals surface area contributed by atoms with Gasteiger partial charge < -0.3 is 10.4 Å². The molecular weight excluding hydrogens is 208 g/mol. The molecule has 1 saturated heterocycles. The minimum atomic E-state index is -0.802. The maximum atomic E-state index is 10.8. The van der Waals surface area contributed by atoms with Crippen LogP contribution in [0, 0.1) is 0 Å². The molecule has 0 saturated carbocycles. The second kappa shape index (κ2) is 5.00. The number of aliphatic carboxylic acids is 1. The van der Waals surface area contributed by atoms with Gasteiger partial charge in [-0.25, -0.2) is 0 Å². The average Bonchev–Trinajstić information content (AvgIpc) is 2.30. The minimum absolute atomic E-state index is 0.481. The first-order chi connectivity index (χ1) is 7.75. The Morgan fingerprint density at radius 1 is 1.62 bits per heavy atom. The third kappa shape index (κ3) is 2.74. The second-order valence-electron chi connectivity index (χ2n) is 3.78. The number of hydrogen-bond acceptors (Lipinski definition) is 5. The minimum Gasteiger partial charge on any atom is -0.480 e. The normalized spacial score (nSPS) is 21.9. The Kier molecular flexibility index (Phi) is 3.43. The van der Waals surface area contributed by atoms with Crippen LogP contribution in [0.15, 0.2) is 18.6 Å². The van der Waals surface area contributed by atoms with Crippen molar-refractivity contribution >= 4 is 5.97 Å². The van der Waals surface area contributed by atoms with Gasteiger partial charge in [0.05, 0.1) is 5.69 Å². The Bertz CT molecular complexity index is 357. The van der Waals surface area contributed by atoms with Crippen molar-refractivity contribution in [2.45, 2.75) is 12.6 Å². The van der Waals surface area contributed by atoms with E-state index in [4.69, 9.17) is 5.11 Å². The Hall–Kier alpha value is -1.53. The molecule has 6 nitrogen and oxygen atoms in total. The van der Waals surface area contributed by atoms with Gasteiger partial charge in [0.15, 0.2) is 0 Å². The molecule has 0 unspecified atom stereocenters. The zero-order chi connectivity index (χ0) is 11.4. The van der Waals surface area contributed by atoms with Crippen molar-refractivity contribution < 1.29 is 9.90 Å². The fourth-order valence-electron chi connectivity index (χ4n) is 1.76. The summed E-state index contributed by atoms with van der Waals surface area (Å²) in [6, 6.07) is -0.481. The molecule has 16 heavy (non-hydrogen) atoms. The smallest absolute Gasteiger partial charge is 0.322 e. The van der Waals surface area contributed by atoms with Gasteiger partial charge in [-0.05, 0) is 0 Å². The van der Waals surface area contributed by atoms with Crippen molar-refractivity contribution in [2.75, 3.05) is 19.6 Å². The van der Waals surface area contributed by atoms with E-state index in [1.165, 1.54) is 0 Å². The van der Waals surface area contributed by atoms with E-state index in [0.717, 1.165) is 12.2 Å². The summed E-state index contributed by atoms with van der Waals surface area (Å²) < 4.78 is 0. The largest absolute Gasteiger partial charge is 0.480 e. The third-order valence-electron chi connectivity index (χ3n) is 2.56. The highest BCUT2D eigenvalue weighted by molar-refractivity contribution is 5.73. The molecule has 0 amide bonds. The van der Waals surface area contributed by atoms with Crippen molar-refractivity contribution in [2.24, 2.45) is 0 Å². The summed E-state index contributed by atoms with van der Waals surface area (Å²) in [6.45, 7) is 2.68. The molecule has 0 spiro atoms. The maximum Gasteiger partial charge on any atom is 0.322 e. The molecule has 1 aliphatic rings. The van der Waals surface area contributed by atoms with Crippen LogP contribution in [0.1, 0.15) is 5.69 Å². The molecule has 0 bridgehead atoms. The van der Waals surface area contributed by atoms with Crippen LogP contribution in [-0.4, -0.2) is 51.6 Å². The molecular formula is C10H14N4O2. The highest BCUT2D eigenvalue weighted by Gasteiger charge is 2.24. The van der Waals surface area contributed by atoms with E-state index in [1.807, 2.05) is 0 Å². The lowest BCUT2D eigenvalue weighted by molar-refractivity contribution is -0.140. The standard InChI is InChI=1S/C10H14N4O2/c15-10(16)9-7-14(4-3-13-9)6-8-5-11-1-2-12-8/h1-2,5,9,13H,3-4,6-7H2,(H,15,16)/t9-/m1/s1. The predicted octanol–water partition coefficient (Wildman–Crippen LogP) is -0.665. The molecule has 0 aliphatic carbocycles. The molecule has 86 valence electrons. The SMILES string of the molecule is O=C(O)[C@H]1CN(Cc2cnccn2)CCN1. The van der Waals surface area contributed by atoms with Crippen molar-refractivity contribution in [3.8, 4) is 0 Å². The van der Waals surface area contributed by atoms with Crippen molar-refractivity contribution in [1.29, 1.82) is 0 Å². The van der Waals surface area contributed by atoms with E-state index in [-0.39, 0.29) is 0 Å². The number of carboxylic acids is 1. The summed E-state index contributed by atoms with van der Waals surface area (Å²) in [7, 11) is 0. The molecule has 1 aromatic heterocycles. The van der Waals surface area contributed by atoms with E-state index in [9.17, 15) is 4.79 Å².